The van der Waals surface area contributed by atoms with E-state index in [-0.39, 0.29) is 4.99 Å². The van der Waals surface area contributed by atoms with E-state index in [0.29, 0.717) is 11.4 Å². The lowest BCUT2D eigenvalue weighted by Gasteiger charge is -1.89. The minimum atomic E-state index is 0.234. The first-order valence-electron chi connectivity index (χ1n) is 2.70. The van der Waals surface area contributed by atoms with Crippen molar-refractivity contribution in [3.8, 4) is 0 Å². The molecule has 1 aromatic rings. The van der Waals surface area contributed by atoms with Gasteiger partial charge in [-0.1, -0.05) is 12.2 Å². The normalized spacial score (nSPS) is 9.70. The Balaban J connectivity index is 3.15. The Kier molecular flexibility index (Phi) is 1.58. The lowest BCUT2D eigenvalue weighted by molar-refractivity contribution is 0.765. The van der Waals surface area contributed by atoms with Crippen LogP contribution in [-0.2, 0) is 7.05 Å². The molecule has 10 heavy (non-hydrogen) atoms. The third-order valence-electron chi connectivity index (χ3n) is 1.09. The van der Waals surface area contributed by atoms with E-state index >= 15 is 0 Å². The molecule has 0 atom stereocenters. The zero-order chi connectivity index (χ0) is 7.72. The van der Waals surface area contributed by atoms with Gasteiger partial charge in [0.05, 0.1) is 5.69 Å². The van der Waals surface area contributed by atoms with Crippen molar-refractivity contribution in [3.05, 3.63) is 11.9 Å². The van der Waals surface area contributed by atoms with Crippen molar-refractivity contribution in [1.82, 2.24) is 9.78 Å². The maximum Gasteiger partial charge on any atom is 0.142 e. The molecule has 0 bridgehead atoms. The lowest BCUT2D eigenvalue weighted by atomic mass is 10.4. The van der Waals surface area contributed by atoms with Crippen LogP contribution in [0, 0.1) is 0 Å². The van der Waals surface area contributed by atoms with Crippen molar-refractivity contribution in [2.45, 2.75) is 0 Å². The SMILES string of the molecule is Cn1cc(N)c(C(N)=S)n1. The van der Waals surface area contributed by atoms with Gasteiger partial charge in [-0.15, -0.1) is 0 Å². The summed E-state index contributed by atoms with van der Waals surface area (Å²) in [6.07, 6.45) is 1.66. The van der Waals surface area contributed by atoms with Gasteiger partial charge in [-0.25, -0.2) is 0 Å². The van der Waals surface area contributed by atoms with Crippen LogP contribution >= 0.6 is 12.2 Å². The molecule has 0 unspecified atom stereocenters. The summed E-state index contributed by atoms with van der Waals surface area (Å²) in [4.78, 5) is 0.234. The molecule has 0 saturated heterocycles. The molecule has 5 heteroatoms. The average Bonchev–Trinajstić information content (AvgIpc) is 2.10. The summed E-state index contributed by atoms with van der Waals surface area (Å²) in [5.41, 5.74) is 11.8. The number of thiocarbonyl (C=S) groups is 1. The molecule has 0 aliphatic carbocycles. The topological polar surface area (TPSA) is 69.9 Å². The maximum absolute atomic E-state index is 5.49. The van der Waals surface area contributed by atoms with Crippen molar-refractivity contribution in [2.24, 2.45) is 12.8 Å². The summed E-state index contributed by atoms with van der Waals surface area (Å²) < 4.78 is 1.57. The second-order valence-corrected chi connectivity index (χ2v) is 2.41. The third-order valence-corrected chi connectivity index (χ3v) is 1.28. The van der Waals surface area contributed by atoms with Crippen molar-refractivity contribution in [1.29, 1.82) is 0 Å². The minimum Gasteiger partial charge on any atom is -0.396 e. The molecule has 1 heterocycles. The number of aryl methyl sites for hydroxylation is 1. The van der Waals surface area contributed by atoms with Crippen LogP contribution in [0.15, 0.2) is 6.20 Å². The van der Waals surface area contributed by atoms with E-state index in [1.165, 1.54) is 0 Å². The second kappa shape index (κ2) is 2.26. The number of rotatable bonds is 1. The van der Waals surface area contributed by atoms with Crippen molar-refractivity contribution in [2.75, 3.05) is 5.73 Å². The molecule has 4 N–H and O–H groups in total. The van der Waals surface area contributed by atoms with Gasteiger partial charge in [0, 0.05) is 13.2 Å². The van der Waals surface area contributed by atoms with Crippen LogP contribution in [0.2, 0.25) is 0 Å². The van der Waals surface area contributed by atoms with Gasteiger partial charge in [0.2, 0.25) is 0 Å². The van der Waals surface area contributed by atoms with Crippen LogP contribution in [0.3, 0.4) is 0 Å². The van der Waals surface area contributed by atoms with Crippen LogP contribution in [0.25, 0.3) is 0 Å². The number of hydrogen-bond donors (Lipinski definition) is 2. The molecule has 0 fully saturated rings. The van der Waals surface area contributed by atoms with Gasteiger partial charge in [-0.05, 0) is 0 Å². The highest BCUT2D eigenvalue weighted by Gasteiger charge is 2.04. The molecule has 0 aliphatic heterocycles. The van der Waals surface area contributed by atoms with Gasteiger partial charge in [-0.2, -0.15) is 5.10 Å². The molecular weight excluding hydrogens is 148 g/mol. The number of nitrogens with zero attached hydrogens (tertiary/aromatic N) is 2. The fourth-order valence-corrected chi connectivity index (χ4v) is 0.857. The summed E-state index contributed by atoms with van der Waals surface area (Å²) in [5.74, 6) is 0. The summed E-state index contributed by atoms with van der Waals surface area (Å²) in [6, 6.07) is 0. The zero-order valence-electron chi connectivity index (χ0n) is 5.53. The molecule has 0 saturated carbocycles. The average molecular weight is 156 g/mol. The summed E-state index contributed by atoms with van der Waals surface area (Å²) in [7, 11) is 1.76. The number of hydrogen-bond acceptors (Lipinski definition) is 3. The predicted molar refractivity (Wildman–Crippen MR) is 43.5 cm³/mol. The molecule has 0 amide bonds. The van der Waals surface area contributed by atoms with Crippen LogP contribution < -0.4 is 11.5 Å². The maximum atomic E-state index is 5.49. The van der Waals surface area contributed by atoms with E-state index < -0.39 is 0 Å². The first-order chi connectivity index (χ1) is 4.61. The molecule has 0 spiro atoms. The Bertz CT molecular complexity index is 265. The summed E-state index contributed by atoms with van der Waals surface area (Å²) in [5, 5.41) is 3.94. The Morgan fingerprint density at radius 3 is 2.60 bits per heavy atom. The standard InChI is InChI=1S/C5H8N4S/c1-9-2-3(6)4(8-9)5(7)10/h2H,6H2,1H3,(H2,7,10). The Labute approximate surface area is 63.8 Å². The third kappa shape index (κ3) is 1.08. The van der Waals surface area contributed by atoms with Crippen molar-refractivity contribution >= 4 is 22.9 Å². The molecule has 0 aromatic carbocycles. The number of aromatic nitrogens is 2. The molecule has 0 radical (unpaired) electrons. The Morgan fingerprint density at radius 2 is 2.40 bits per heavy atom. The highest BCUT2D eigenvalue weighted by Crippen LogP contribution is 2.06. The number of anilines is 1. The van der Waals surface area contributed by atoms with E-state index in [2.05, 4.69) is 17.3 Å². The highest BCUT2D eigenvalue weighted by molar-refractivity contribution is 7.80. The molecule has 1 rings (SSSR count). The van der Waals surface area contributed by atoms with Crippen LogP contribution in [0.4, 0.5) is 5.69 Å². The molecule has 1 aromatic heterocycles. The van der Waals surface area contributed by atoms with Gasteiger partial charge in [0.15, 0.2) is 0 Å². The number of nitrogen functional groups attached to an aromatic ring is 1. The van der Waals surface area contributed by atoms with Crippen LogP contribution in [0.5, 0.6) is 0 Å². The lowest BCUT2D eigenvalue weighted by Crippen LogP contribution is -2.12. The van der Waals surface area contributed by atoms with Gasteiger partial charge < -0.3 is 11.5 Å². The fourth-order valence-electron chi connectivity index (χ4n) is 0.698. The van der Waals surface area contributed by atoms with Crippen molar-refractivity contribution in [3.63, 3.8) is 0 Å². The summed E-state index contributed by atoms with van der Waals surface area (Å²) in [6.45, 7) is 0. The fraction of sp³-hybridized carbons (Fsp3) is 0.200. The molecule has 0 aliphatic rings. The molecule has 4 nitrogen and oxygen atoms in total. The second-order valence-electron chi connectivity index (χ2n) is 1.97. The van der Waals surface area contributed by atoms with Gasteiger partial charge >= 0.3 is 0 Å². The largest absolute Gasteiger partial charge is 0.396 e. The highest BCUT2D eigenvalue weighted by atomic mass is 32.1. The van der Waals surface area contributed by atoms with Crippen LogP contribution in [-0.4, -0.2) is 14.8 Å². The molecular formula is C5H8N4S. The minimum absolute atomic E-state index is 0.234. The van der Waals surface area contributed by atoms with Gasteiger partial charge in [-0.3, -0.25) is 4.68 Å². The first-order valence-corrected chi connectivity index (χ1v) is 3.11. The quantitative estimate of drug-likeness (QED) is 0.545. The van der Waals surface area contributed by atoms with Crippen LogP contribution in [0.1, 0.15) is 5.69 Å². The van der Waals surface area contributed by atoms with Gasteiger partial charge in [0.25, 0.3) is 0 Å². The van der Waals surface area contributed by atoms with E-state index in [4.69, 9.17) is 11.5 Å². The Morgan fingerprint density at radius 1 is 1.80 bits per heavy atom. The smallest absolute Gasteiger partial charge is 0.142 e. The predicted octanol–water partition coefficient (Wildman–Crippen LogP) is -0.364. The van der Waals surface area contributed by atoms with E-state index in [1.807, 2.05) is 0 Å². The van der Waals surface area contributed by atoms with E-state index in [9.17, 15) is 0 Å². The van der Waals surface area contributed by atoms with Crippen molar-refractivity contribution < 1.29 is 0 Å². The molecule has 54 valence electrons. The Hall–Kier alpha value is -1.10. The van der Waals surface area contributed by atoms with E-state index in [0.717, 1.165) is 0 Å². The number of nitrogens with two attached hydrogens (primary N) is 2. The van der Waals surface area contributed by atoms with E-state index in [1.54, 1.807) is 17.9 Å². The van der Waals surface area contributed by atoms with Gasteiger partial charge in [0.1, 0.15) is 10.7 Å². The zero-order valence-corrected chi connectivity index (χ0v) is 6.35. The monoisotopic (exact) mass is 156 g/mol. The first kappa shape index (κ1) is 7.01. The summed E-state index contributed by atoms with van der Waals surface area (Å²) >= 11 is 4.68.